The summed E-state index contributed by atoms with van der Waals surface area (Å²) in [6.07, 6.45) is 0. The van der Waals surface area contributed by atoms with Crippen LogP contribution in [0.4, 0.5) is 5.69 Å². The summed E-state index contributed by atoms with van der Waals surface area (Å²) in [5.41, 5.74) is 3.34. The first kappa shape index (κ1) is 20.0. The second kappa shape index (κ2) is 8.07. The number of amides is 2. The van der Waals surface area contributed by atoms with E-state index in [4.69, 9.17) is 23.2 Å². The number of carbonyl (C=O) groups excluding carboxylic acids is 2. The highest BCUT2D eigenvalue weighted by atomic mass is 35.5. The number of nitrogens with zero attached hydrogens (tertiary/aromatic N) is 1. The molecule has 140 valence electrons. The number of hydrogen-bond donors (Lipinski definition) is 1. The van der Waals surface area contributed by atoms with Crippen molar-refractivity contribution in [3.63, 3.8) is 0 Å². The van der Waals surface area contributed by atoms with Crippen LogP contribution in [-0.4, -0.2) is 29.3 Å². The van der Waals surface area contributed by atoms with Crippen LogP contribution >= 0.6 is 35.0 Å². The van der Waals surface area contributed by atoms with Gasteiger partial charge in [0.05, 0.1) is 32.8 Å². The van der Waals surface area contributed by atoms with E-state index in [-0.39, 0.29) is 22.3 Å². The zero-order valence-electron chi connectivity index (χ0n) is 14.8. The number of thioether (sulfide) groups is 1. The number of aliphatic hydroxyl groups excluding tert-OH is 1. The number of carbonyl (C=O) groups is 2. The minimum absolute atomic E-state index is 0.103. The van der Waals surface area contributed by atoms with E-state index in [2.05, 4.69) is 0 Å². The summed E-state index contributed by atoms with van der Waals surface area (Å²) in [5.74, 6) is -0.608. The first-order valence-electron chi connectivity index (χ1n) is 8.25. The second-order valence-electron chi connectivity index (χ2n) is 6.09. The largest absolute Gasteiger partial charge is 0.396 e. The third-order valence-electron chi connectivity index (χ3n) is 4.35. The van der Waals surface area contributed by atoms with Crippen LogP contribution in [0.2, 0.25) is 10.0 Å². The van der Waals surface area contributed by atoms with Crippen LogP contribution in [-0.2, 0) is 9.59 Å². The van der Waals surface area contributed by atoms with Crippen molar-refractivity contribution < 1.29 is 14.7 Å². The van der Waals surface area contributed by atoms with E-state index >= 15 is 0 Å². The number of halogens is 2. The molecule has 1 heterocycles. The van der Waals surface area contributed by atoms with Crippen LogP contribution in [0.25, 0.3) is 5.57 Å². The normalized spacial score (nSPS) is 14.5. The minimum Gasteiger partial charge on any atom is -0.396 e. The second-order valence-corrected chi connectivity index (χ2v) is 7.98. The molecule has 2 aromatic carbocycles. The van der Waals surface area contributed by atoms with Crippen molar-refractivity contribution in [1.29, 1.82) is 0 Å². The van der Waals surface area contributed by atoms with Crippen molar-refractivity contribution in [2.75, 3.05) is 17.3 Å². The smallest absolute Gasteiger partial charge is 0.272 e. The molecule has 2 aromatic rings. The quantitative estimate of drug-likeness (QED) is 0.715. The molecule has 0 aromatic heterocycles. The van der Waals surface area contributed by atoms with Gasteiger partial charge < -0.3 is 5.11 Å². The molecule has 1 aliphatic rings. The molecule has 4 nitrogen and oxygen atoms in total. The summed E-state index contributed by atoms with van der Waals surface area (Å²) in [6.45, 7) is 3.83. The predicted octanol–water partition coefficient (Wildman–Crippen LogP) is 4.62. The third-order valence-corrected chi connectivity index (χ3v) is 6.21. The van der Waals surface area contributed by atoms with Crippen LogP contribution in [0.3, 0.4) is 0 Å². The molecule has 1 N–H and O–H groups in total. The molecule has 0 atom stereocenters. The molecule has 2 amide bonds. The molecule has 3 rings (SSSR count). The fraction of sp³-hybridized carbons (Fsp3) is 0.200. The third kappa shape index (κ3) is 3.65. The van der Waals surface area contributed by atoms with E-state index in [9.17, 15) is 14.7 Å². The molecule has 0 saturated heterocycles. The molecule has 7 heteroatoms. The zero-order chi connectivity index (χ0) is 19.7. The topological polar surface area (TPSA) is 57.6 Å². The first-order chi connectivity index (χ1) is 12.9. The number of aliphatic hydroxyl groups is 1. The maximum absolute atomic E-state index is 13.2. The van der Waals surface area contributed by atoms with E-state index in [1.165, 1.54) is 0 Å². The Morgan fingerprint density at radius 3 is 2.44 bits per heavy atom. The standard InChI is InChI=1S/C20H17Cl2NO3S/c1-11-6-7-13(10-12(11)2)16-18(27-9-8-24)20(26)23(19(16)25)15-5-3-4-14(21)17(15)22/h3-7,10,24H,8-9H2,1-2H3. The van der Waals surface area contributed by atoms with Gasteiger partial charge in [0, 0.05) is 5.75 Å². The summed E-state index contributed by atoms with van der Waals surface area (Å²) in [4.78, 5) is 27.6. The van der Waals surface area contributed by atoms with Crippen LogP contribution in [0.15, 0.2) is 41.3 Å². The molecule has 0 unspecified atom stereocenters. The molecule has 27 heavy (non-hydrogen) atoms. The lowest BCUT2D eigenvalue weighted by atomic mass is 10.0. The van der Waals surface area contributed by atoms with Crippen molar-refractivity contribution in [3.05, 3.63) is 68.0 Å². The number of benzene rings is 2. The van der Waals surface area contributed by atoms with Crippen LogP contribution in [0.1, 0.15) is 16.7 Å². The molecule has 0 aliphatic carbocycles. The Kier molecular flexibility index (Phi) is 5.96. The first-order valence-corrected chi connectivity index (χ1v) is 9.99. The molecule has 0 spiro atoms. The number of rotatable bonds is 5. The Morgan fingerprint density at radius 2 is 1.78 bits per heavy atom. The minimum atomic E-state index is -0.462. The molecular weight excluding hydrogens is 405 g/mol. The molecule has 1 aliphatic heterocycles. The summed E-state index contributed by atoms with van der Waals surface area (Å²) < 4.78 is 0. The maximum atomic E-state index is 13.2. The summed E-state index contributed by atoms with van der Waals surface area (Å²) >= 11 is 13.5. The average Bonchev–Trinajstić information content (AvgIpc) is 2.88. The van der Waals surface area contributed by atoms with Crippen molar-refractivity contribution in [2.45, 2.75) is 13.8 Å². The fourth-order valence-corrected chi connectivity index (χ4v) is 4.07. The van der Waals surface area contributed by atoms with Crippen LogP contribution < -0.4 is 4.90 Å². The van der Waals surface area contributed by atoms with Crippen LogP contribution in [0, 0.1) is 13.8 Å². The van der Waals surface area contributed by atoms with Gasteiger partial charge in [-0.25, -0.2) is 4.90 Å². The van der Waals surface area contributed by atoms with E-state index in [0.29, 0.717) is 21.8 Å². The lowest BCUT2D eigenvalue weighted by molar-refractivity contribution is -0.119. The highest BCUT2D eigenvalue weighted by Gasteiger charge is 2.41. The average molecular weight is 422 g/mol. The number of anilines is 1. The highest BCUT2D eigenvalue weighted by Crippen LogP contribution is 2.42. The van der Waals surface area contributed by atoms with Gasteiger partial charge in [0.2, 0.25) is 0 Å². The van der Waals surface area contributed by atoms with Crippen molar-refractivity contribution in [1.82, 2.24) is 0 Å². The fourth-order valence-electron chi connectivity index (χ4n) is 2.83. The molecule has 0 fully saturated rings. The van der Waals surface area contributed by atoms with Crippen molar-refractivity contribution >= 4 is 58.0 Å². The highest BCUT2D eigenvalue weighted by molar-refractivity contribution is 8.04. The lowest BCUT2D eigenvalue weighted by Gasteiger charge is -2.17. The zero-order valence-corrected chi connectivity index (χ0v) is 17.1. The van der Waals surface area contributed by atoms with Crippen molar-refractivity contribution in [3.8, 4) is 0 Å². The van der Waals surface area contributed by atoms with Gasteiger partial charge in [0.1, 0.15) is 0 Å². The predicted molar refractivity (Wildman–Crippen MR) is 111 cm³/mol. The number of aryl methyl sites for hydroxylation is 2. The van der Waals surface area contributed by atoms with E-state index in [1.54, 1.807) is 18.2 Å². The Balaban J connectivity index is 2.14. The van der Waals surface area contributed by atoms with Gasteiger partial charge in [0.15, 0.2) is 0 Å². The summed E-state index contributed by atoms with van der Waals surface area (Å²) in [7, 11) is 0. The maximum Gasteiger partial charge on any atom is 0.272 e. The number of imide groups is 1. The van der Waals surface area contributed by atoms with Crippen LogP contribution in [0.5, 0.6) is 0 Å². The summed E-state index contributed by atoms with van der Waals surface area (Å²) in [5, 5.41) is 9.60. The van der Waals surface area contributed by atoms with E-state index in [0.717, 1.165) is 27.8 Å². The van der Waals surface area contributed by atoms with Gasteiger partial charge in [0.25, 0.3) is 11.8 Å². The molecule has 0 bridgehead atoms. The van der Waals surface area contributed by atoms with E-state index < -0.39 is 11.8 Å². The van der Waals surface area contributed by atoms with Gasteiger partial charge in [-0.1, -0.05) is 47.5 Å². The van der Waals surface area contributed by atoms with Gasteiger partial charge in [-0.05, 0) is 42.7 Å². The lowest BCUT2D eigenvalue weighted by Crippen LogP contribution is -2.31. The number of hydrogen-bond acceptors (Lipinski definition) is 4. The van der Waals surface area contributed by atoms with Gasteiger partial charge in [-0.3, -0.25) is 9.59 Å². The van der Waals surface area contributed by atoms with Crippen molar-refractivity contribution in [2.24, 2.45) is 0 Å². The molecule has 0 radical (unpaired) electrons. The van der Waals surface area contributed by atoms with Gasteiger partial charge in [-0.2, -0.15) is 0 Å². The van der Waals surface area contributed by atoms with Gasteiger partial charge in [-0.15, -0.1) is 11.8 Å². The Bertz CT molecular complexity index is 972. The van der Waals surface area contributed by atoms with Gasteiger partial charge >= 0.3 is 0 Å². The SMILES string of the molecule is Cc1ccc(C2=C(SCCO)C(=O)N(c3cccc(Cl)c3Cl)C2=O)cc1C. The summed E-state index contributed by atoms with van der Waals surface area (Å²) in [6, 6.07) is 10.4. The van der Waals surface area contributed by atoms with E-state index in [1.807, 2.05) is 32.0 Å². The molecule has 0 saturated carbocycles. The Hall–Kier alpha value is -1.79. The Labute approximate surface area is 171 Å². The molecular formula is C20H17Cl2NO3S. The monoisotopic (exact) mass is 421 g/mol. The Morgan fingerprint density at radius 1 is 1.04 bits per heavy atom.